The molecule has 0 aliphatic carbocycles. The van der Waals surface area contributed by atoms with E-state index in [2.05, 4.69) is 19.7 Å². The summed E-state index contributed by atoms with van der Waals surface area (Å²) in [7, 11) is 0. The number of hydrogen-bond acceptors (Lipinski definition) is 0. The second-order valence-electron chi connectivity index (χ2n) is 1.31. The molecule has 0 fully saturated rings. The van der Waals surface area contributed by atoms with E-state index in [9.17, 15) is 0 Å². The largest absolute Gasteiger partial charge is 0.0990 e. The highest BCUT2D eigenvalue weighted by atomic mass is 13.8. The Labute approximate surface area is 78.0 Å². The summed E-state index contributed by atoms with van der Waals surface area (Å²) in [5.74, 6) is 0. The van der Waals surface area contributed by atoms with Gasteiger partial charge in [0.2, 0.25) is 0 Å². The van der Waals surface area contributed by atoms with Crippen LogP contribution in [0.1, 0.15) is 27.7 Å². The minimum atomic E-state index is 1.00. The fraction of sp³-hybridized carbons (Fsp3) is 0.333. The summed E-state index contributed by atoms with van der Waals surface area (Å²) in [4.78, 5) is 0. The third-order valence-corrected chi connectivity index (χ3v) is 0.782. The van der Waals surface area contributed by atoms with Crippen molar-refractivity contribution in [2.75, 3.05) is 0 Å². The van der Waals surface area contributed by atoms with E-state index in [4.69, 9.17) is 0 Å². The zero-order chi connectivity index (χ0) is 10.4. The van der Waals surface area contributed by atoms with Crippen LogP contribution in [0.4, 0.5) is 0 Å². The van der Waals surface area contributed by atoms with Crippen LogP contribution >= 0.6 is 0 Å². The Hall–Kier alpha value is -1.04. The van der Waals surface area contributed by atoms with Crippen LogP contribution in [0.25, 0.3) is 0 Å². The summed E-state index contributed by atoms with van der Waals surface area (Å²) in [6.07, 6.45) is 7.02. The Bertz CT molecular complexity index is 117. The van der Waals surface area contributed by atoms with E-state index in [1.54, 1.807) is 18.2 Å². The van der Waals surface area contributed by atoms with Crippen LogP contribution in [0.15, 0.2) is 49.6 Å². The van der Waals surface area contributed by atoms with Gasteiger partial charge in [0.15, 0.2) is 0 Å². The van der Waals surface area contributed by atoms with Gasteiger partial charge in [0, 0.05) is 0 Å². The molecule has 0 spiro atoms. The van der Waals surface area contributed by atoms with Crippen molar-refractivity contribution in [3.63, 3.8) is 0 Å². The molecule has 0 amide bonds. The van der Waals surface area contributed by atoms with E-state index in [0.29, 0.717) is 0 Å². The third-order valence-electron chi connectivity index (χ3n) is 0.782. The highest BCUT2D eigenvalue weighted by Crippen LogP contribution is 1.94. The molecular formula is C12H22. The average Bonchev–Trinajstić information content (AvgIpc) is 2.20. The first-order valence-electron chi connectivity index (χ1n) is 4.42. The van der Waals surface area contributed by atoms with Gasteiger partial charge in [-0.3, -0.25) is 0 Å². The molecule has 70 valence electrons. The lowest BCUT2D eigenvalue weighted by Crippen LogP contribution is -1.63. The summed E-state index contributed by atoms with van der Waals surface area (Å²) < 4.78 is 0. The lowest BCUT2D eigenvalue weighted by atomic mass is 10.2. The van der Waals surface area contributed by atoms with Gasteiger partial charge in [0.25, 0.3) is 0 Å². The molecule has 0 unspecified atom stereocenters. The van der Waals surface area contributed by atoms with Crippen molar-refractivity contribution in [3.8, 4) is 0 Å². The van der Waals surface area contributed by atoms with E-state index in [1.165, 1.54) is 0 Å². The Morgan fingerprint density at radius 1 is 0.833 bits per heavy atom. The Morgan fingerprint density at radius 3 is 1.25 bits per heavy atom. The molecule has 0 bridgehead atoms. The van der Waals surface area contributed by atoms with Gasteiger partial charge in [-0.05, 0) is 5.57 Å². The van der Waals surface area contributed by atoms with Crippen LogP contribution in [-0.4, -0.2) is 0 Å². The first kappa shape index (κ1) is 17.2. The van der Waals surface area contributed by atoms with Crippen molar-refractivity contribution in [2.45, 2.75) is 27.7 Å². The van der Waals surface area contributed by atoms with E-state index in [-0.39, 0.29) is 0 Å². The predicted octanol–water partition coefficient (Wildman–Crippen LogP) is 4.52. The van der Waals surface area contributed by atoms with Gasteiger partial charge >= 0.3 is 0 Å². The van der Waals surface area contributed by atoms with Crippen LogP contribution in [0.5, 0.6) is 0 Å². The molecule has 0 nitrogen and oxygen atoms in total. The van der Waals surface area contributed by atoms with Crippen molar-refractivity contribution in [2.24, 2.45) is 0 Å². The van der Waals surface area contributed by atoms with Crippen molar-refractivity contribution >= 4 is 0 Å². The summed E-state index contributed by atoms with van der Waals surface area (Å²) in [6.45, 7) is 18.7. The van der Waals surface area contributed by atoms with Crippen molar-refractivity contribution in [1.29, 1.82) is 0 Å². The minimum absolute atomic E-state index is 1.00. The molecule has 0 heteroatoms. The number of hydrogen-bond donors (Lipinski definition) is 0. The highest BCUT2D eigenvalue weighted by molar-refractivity contribution is 5.30. The van der Waals surface area contributed by atoms with E-state index < -0.39 is 0 Å². The molecule has 0 saturated carbocycles. The molecule has 0 rings (SSSR count). The van der Waals surface area contributed by atoms with Crippen LogP contribution < -0.4 is 0 Å². The van der Waals surface area contributed by atoms with Crippen LogP contribution in [0.2, 0.25) is 0 Å². The smallest absolute Gasteiger partial charge is 0.0269 e. The molecule has 0 aromatic rings. The quantitative estimate of drug-likeness (QED) is 0.541. The normalized spacial score (nSPS) is 5.67. The van der Waals surface area contributed by atoms with Gasteiger partial charge in [0.1, 0.15) is 0 Å². The molecule has 0 atom stereocenters. The van der Waals surface area contributed by atoms with Gasteiger partial charge in [-0.15, -0.1) is 0 Å². The Morgan fingerprint density at radius 2 is 1.17 bits per heavy atom. The lowest BCUT2D eigenvalue weighted by molar-refractivity contribution is 1.50. The number of rotatable bonds is 3. The molecule has 0 heterocycles. The molecule has 0 saturated heterocycles. The fourth-order valence-electron chi connectivity index (χ4n) is 0.355. The maximum absolute atomic E-state index is 3.56. The average molecular weight is 166 g/mol. The lowest BCUT2D eigenvalue weighted by Gasteiger charge is -1.83. The van der Waals surface area contributed by atoms with E-state index in [0.717, 1.165) is 5.57 Å². The topological polar surface area (TPSA) is 0 Å². The van der Waals surface area contributed by atoms with Gasteiger partial charge < -0.3 is 0 Å². The van der Waals surface area contributed by atoms with Gasteiger partial charge in [-0.2, -0.15) is 0 Å². The second kappa shape index (κ2) is 22.5. The van der Waals surface area contributed by atoms with Gasteiger partial charge in [0.05, 0.1) is 0 Å². The van der Waals surface area contributed by atoms with Crippen LogP contribution in [-0.2, 0) is 0 Å². The molecule has 0 aromatic carbocycles. The molecule has 12 heavy (non-hydrogen) atoms. The monoisotopic (exact) mass is 166 g/mol. The molecule has 0 N–H and O–H groups in total. The predicted molar refractivity (Wildman–Crippen MR) is 61.4 cm³/mol. The summed E-state index contributed by atoms with van der Waals surface area (Å²) in [6, 6.07) is 0. The third kappa shape index (κ3) is 16.0. The van der Waals surface area contributed by atoms with Gasteiger partial charge in [-0.25, -0.2) is 0 Å². The summed E-state index contributed by atoms with van der Waals surface area (Å²) in [5.41, 5.74) is 1.00. The fourth-order valence-corrected chi connectivity index (χ4v) is 0.355. The molecular weight excluding hydrogens is 144 g/mol. The Kier molecular flexibility index (Phi) is 32.2. The van der Waals surface area contributed by atoms with E-state index >= 15 is 0 Å². The van der Waals surface area contributed by atoms with E-state index in [1.807, 2.05) is 33.8 Å². The maximum Gasteiger partial charge on any atom is -0.0269 e. The zero-order valence-corrected chi connectivity index (χ0v) is 8.93. The van der Waals surface area contributed by atoms with Crippen molar-refractivity contribution in [1.82, 2.24) is 0 Å². The number of allylic oxidation sites excluding steroid dienone is 5. The molecule has 0 aliphatic rings. The first-order chi connectivity index (χ1) is 5.85. The van der Waals surface area contributed by atoms with Crippen LogP contribution in [0, 0.1) is 0 Å². The van der Waals surface area contributed by atoms with Crippen LogP contribution in [0.3, 0.4) is 0 Å². The second-order valence-corrected chi connectivity index (χ2v) is 1.31. The molecule has 0 radical (unpaired) electrons. The minimum Gasteiger partial charge on any atom is -0.0990 e. The van der Waals surface area contributed by atoms with Crippen molar-refractivity contribution < 1.29 is 0 Å². The molecule has 0 aliphatic heterocycles. The highest BCUT2D eigenvalue weighted by Gasteiger charge is 1.73. The van der Waals surface area contributed by atoms with Crippen molar-refractivity contribution in [3.05, 3.63) is 49.6 Å². The molecule has 0 aromatic heterocycles. The summed E-state index contributed by atoms with van der Waals surface area (Å²) >= 11 is 0. The first-order valence-corrected chi connectivity index (χ1v) is 4.42. The summed E-state index contributed by atoms with van der Waals surface area (Å²) in [5, 5.41) is 0. The zero-order valence-electron chi connectivity index (χ0n) is 8.93. The van der Waals surface area contributed by atoms with Gasteiger partial charge in [-0.1, -0.05) is 71.7 Å². The SMILES string of the molecule is C=CC=C(C=C)C=C.CC.CC. The maximum atomic E-state index is 3.56. The standard InChI is InChI=1S/C8H10.2C2H6/c1-4-7-8(5-2)6-3;2*1-2/h4-7H,1-3H2;2*1-2H3. The Balaban J connectivity index is -0.000000175.